The van der Waals surface area contributed by atoms with Crippen molar-refractivity contribution in [1.29, 1.82) is 0 Å². The molecule has 2 aliphatic rings. The van der Waals surface area contributed by atoms with E-state index in [0.29, 0.717) is 47.2 Å². The van der Waals surface area contributed by atoms with Crippen molar-refractivity contribution >= 4 is 40.4 Å². The molecule has 0 saturated carbocycles. The Morgan fingerprint density at radius 1 is 1.08 bits per heavy atom. The van der Waals surface area contributed by atoms with Crippen molar-refractivity contribution in [1.82, 2.24) is 19.8 Å². The maximum atomic E-state index is 13.7. The topological polar surface area (TPSA) is 85.7 Å². The van der Waals surface area contributed by atoms with Crippen molar-refractivity contribution in [3.05, 3.63) is 105 Å². The third-order valence-electron chi connectivity index (χ3n) is 6.69. The molecule has 0 aliphatic carbocycles. The normalized spacial score (nSPS) is 15.1. The lowest BCUT2D eigenvalue weighted by Crippen LogP contribution is -2.35. The average Bonchev–Trinajstić information content (AvgIpc) is 2.95. The summed E-state index contributed by atoms with van der Waals surface area (Å²) < 4.78 is 13.6. The van der Waals surface area contributed by atoms with Gasteiger partial charge >= 0.3 is 0 Å². The van der Waals surface area contributed by atoms with Crippen LogP contribution in [0.1, 0.15) is 27.0 Å². The van der Waals surface area contributed by atoms with Crippen molar-refractivity contribution in [3.63, 3.8) is 0 Å². The standard InChI is InChI=1S/C29H25ClN4O4/c30-22-5-3-19(4-6-22)14-32-29(36)24-17-34-18-26(21-2-1-7-31-15-21)38-25-13-20(12-23(27(25)34)28(24)35)16-33-8-10-37-11-9-33/h1-7,12-13,15,17-18H,8-11,14,16H2,(H,32,36). The van der Waals surface area contributed by atoms with Gasteiger partial charge in [0.05, 0.1) is 30.3 Å². The lowest BCUT2D eigenvalue weighted by molar-refractivity contribution is 0.0342. The molecule has 0 atom stereocenters. The number of amides is 1. The zero-order valence-electron chi connectivity index (χ0n) is 20.5. The van der Waals surface area contributed by atoms with Crippen LogP contribution in [0.4, 0.5) is 0 Å². The highest BCUT2D eigenvalue weighted by Crippen LogP contribution is 2.35. The summed E-state index contributed by atoms with van der Waals surface area (Å²) in [5, 5.41) is 3.92. The number of pyridine rings is 2. The summed E-state index contributed by atoms with van der Waals surface area (Å²) in [6.07, 6.45) is 6.77. The molecule has 4 aromatic rings. The fourth-order valence-corrected chi connectivity index (χ4v) is 4.88. The summed E-state index contributed by atoms with van der Waals surface area (Å²) in [7, 11) is 0. The van der Waals surface area contributed by atoms with Gasteiger partial charge in [0.25, 0.3) is 5.91 Å². The summed E-state index contributed by atoms with van der Waals surface area (Å²) in [6.45, 7) is 3.90. The van der Waals surface area contributed by atoms with Crippen LogP contribution in [-0.4, -0.2) is 46.7 Å². The number of hydrogen-bond acceptors (Lipinski definition) is 6. The molecule has 0 bridgehead atoms. The van der Waals surface area contributed by atoms with Gasteiger partial charge in [-0.15, -0.1) is 0 Å². The van der Waals surface area contributed by atoms with Gasteiger partial charge in [-0.25, -0.2) is 0 Å². The van der Waals surface area contributed by atoms with E-state index < -0.39 is 5.91 Å². The first-order valence-corrected chi connectivity index (χ1v) is 12.8. The molecular formula is C29H25ClN4O4. The average molecular weight is 529 g/mol. The van der Waals surface area contributed by atoms with Crippen LogP contribution in [0.15, 0.2) is 71.9 Å². The van der Waals surface area contributed by atoms with Gasteiger partial charge in [-0.2, -0.15) is 0 Å². The third-order valence-corrected chi connectivity index (χ3v) is 6.95. The maximum absolute atomic E-state index is 13.7. The highest BCUT2D eigenvalue weighted by atomic mass is 35.5. The molecule has 2 aliphatic heterocycles. The number of hydrogen-bond donors (Lipinski definition) is 1. The second-order valence-corrected chi connectivity index (χ2v) is 9.74. The quantitative estimate of drug-likeness (QED) is 0.404. The number of nitrogens with zero attached hydrogens (tertiary/aromatic N) is 3. The lowest BCUT2D eigenvalue weighted by atomic mass is 10.0. The Hall–Kier alpha value is -3.98. The van der Waals surface area contributed by atoms with E-state index in [9.17, 15) is 9.59 Å². The predicted octanol–water partition coefficient (Wildman–Crippen LogP) is 4.16. The highest BCUT2D eigenvalue weighted by Gasteiger charge is 2.23. The fraction of sp³-hybridized carbons (Fsp3) is 0.207. The highest BCUT2D eigenvalue weighted by molar-refractivity contribution is 6.30. The maximum Gasteiger partial charge on any atom is 0.257 e. The Balaban J connectivity index is 1.41. The molecule has 2 aromatic carbocycles. The Kier molecular flexibility index (Phi) is 6.68. The molecule has 4 heterocycles. The zero-order chi connectivity index (χ0) is 26.1. The lowest BCUT2D eigenvalue weighted by Gasteiger charge is -2.27. The SMILES string of the molecule is O=C(NCc1ccc(Cl)cc1)c1cn2c3c(cc(CN4CCOCC4)cc3c1=O)OC(c1cccnc1)=C2. The number of morpholine rings is 1. The monoisotopic (exact) mass is 528 g/mol. The Morgan fingerprint density at radius 2 is 1.89 bits per heavy atom. The molecule has 1 N–H and O–H groups in total. The zero-order valence-corrected chi connectivity index (χ0v) is 21.3. The van der Waals surface area contributed by atoms with Crippen molar-refractivity contribution < 1.29 is 14.3 Å². The Labute approximate surface area is 224 Å². The smallest absolute Gasteiger partial charge is 0.257 e. The summed E-state index contributed by atoms with van der Waals surface area (Å²) in [5.41, 5.74) is 2.96. The van der Waals surface area contributed by atoms with Gasteiger partial charge in [0, 0.05) is 55.4 Å². The molecule has 6 rings (SSSR count). The van der Waals surface area contributed by atoms with Crippen LogP contribution in [-0.2, 0) is 17.8 Å². The van der Waals surface area contributed by atoms with Gasteiger partial charge in [-0.1, -0.05) is 23.7 Å². The first-order chi connectivity index (χ1) is 18.5. The number of ether oxygens (including phenoxy) is 2. The minimum absolute atomic E-state index is 0.0598. The van der Waals surface area contributed by atoms with Crippen LogP contribution in [0.3, 0.4) is 0 Å². The van der Waals surface area contributed by atoms with Crippen LogP contribution < -0.4 is 15.5 Å². The number of benzene rings is 2. The number of nitrogens with one attached hydrogen (secondary N) is 1. The van der Waals surface area contributed by atoms with E-state index in [0.717, 1.165) is 29.8 Å². The molecule has 1 saturated heterocycles. The number of carbonyl (C=O) groups excluding carboxylic acids is 1. The molecule has 38 heavy (non-hydrogen) atoms. The first-order valence-electron chi connectivity index (χ1n) is 12.4. The van der Waals surface area contributed by atoms with E-state index in [1.165, 1.54) is 0 Å². The second kappa shape index (κ2) is 10.4. The van der Waals surface area contributed by atoms with Gasteiger partial charge in [0.1, 0.15) is 5.56 Å². The fourth-order valence-electron chi connectivity index (χ4n) is 4.75. The molecule has 2 aromatic heterocycles. The molecule has 8 nitrogen and oxygen atoms in total. The molecule has 9 heteroatoms. The van der Waals surface area contributed by atoms with Crippen molar-refractivity contribution in [2.75, 3.05) is 26.3 Å². The Morgan fingerprint density at radius 3 is 2.66 bits per heavy atom. The molecular weight excluding hydrogens is 504 g/mol. The van der Waals surface area contributed by atoms with Crippen molar-refractivity contribution in [2.45, 2.75) is 13.1 Å². The van der Waals surface area contributed by atoms with Gasteiger partial charge in [0.15, 0.2) is 11.5 Å². The van der Waals surface area contributed by atoms with E-state index >= 15 is 0 Å². The molecule has 0 unspecified atom stereocenters. The molecule has 1 amide bonds. The molecule has 1 fully saturated rings. The van der Waals surface area contributed by atoms with Crippen LogP contribution in [0.25, 0.3) is 22.9 Å². The van der Waals surface area contributed by atoms with Crippen LogP contribution in [0.5, 0.6) is 5.75 Å². The van der Waals surface area contributed by atoms with E-state index in [-0.39, 0.29) is 17.5 Å². The second-order valence-electron chi connectivity index (χ2n) is 9.30. The van der Waals surface area contributed by atoms with Crippen LogP contribution in [0, 0.1) is 0 Å². The minimum Gasteiger partial charge on any atom is -0.453 e. The minimum atomic E-state index is -0.446. The number of carbonyl (C=O) groups is 1. The van der Waals surface area contributed by atoms with E-state index in [2.05, 4.69) is 15.2 Å². The van der Waals surface area contributed by atoms with Crippen molar-refractivity contribution in [3.8, 4) is 5.75 Å². The summed E-state index contributed by atoms with van der Waals surface area (Å²) >= 11 is 5.97. The summed E-state index contributed by atoms with van der Waals surface area (Å²) in [6, 6.07) is 14.8. The van der Waals surface area contributed by atoms with Gasteiger partial charge in [0.2, 0.25) is 5.43 Å². The van der Waals surface area contributed by atoms with Crippen molar-refractivity contribution in [2.24, 2.45) is 0 Å². The first kappa shape index (κ1) is 24.4. The van der Waals surface area contributed by atoms with E-state index in [1.54, 1.807) is 41.5 Å². The number of halogens is 1. The number of rotatable bonds is 6. The van der Waals surface area contributed by atoms with Crippen LogP contribution >= 0.6 is 11.6 Å². The third kappa shape index (κ3) is 4.93. The van der Waals surface area contributed by atoms with Gasteiger partial charge in [-0.3, -0.25) is 19.5 Å². The van der Waals surface area contributed by atoms with Gasteiger partial charge < -0.3 is 19.4 Å². The van der Waals surface area contributed by atoms with Crippen LogP contribution in [0.2, 0.25) is 5.02 Å². The molecule has 0 spiro atoms. The molecule has 0 radical (unpaired) electrons. The molecule has 192 valence electrons. The largest absolute Gasteiger partial charge is 0.453 e. The number of aromatic nitrogens is 2. The summed E-state index contributed by atoms with van der Waals surface area (Å²) in [5.74, 6) is 0.697. The van der Waals surface area contributed by atoms with E-state index in [4.69, 9.17) is 21.1 Å². The van der Waals surface area contributed by atoms with E-state index in [1.807, 2.05) is 36.4 Å². The Bertz CT molecular complexity index is 1590. The van der Waals surface area contributed by atoms with Gasteiger partial charge in [-0.05, 0) is 47.5 Å². The summed E-state index contributed by atoms with van der Waals surface area (Å²) in [4.78, 5) is 33.4. The predicted molar refractivity (Wildman–Crippen MR) is 146 cm³/mol.